The Morgan fingerprint density at radius 1 is 1.56 bits per heavy atom. The van der Waals surface area contributed by atoms with E-state index in [4.69, 9.17) is 15.3 Å². The van der Waals surface area contributed by atoms with E-state index in [0.29, 0.717) is 12.8 Å². The molecule has 0 fully saturated rings. The normalized spacial score (nSPS) is 12.1. The highest BCUT2D eigenvalue weighted by Crippen LogP contribution is 2.09. The number of aliphatic carboxylic acids is 1. The van der Waals surface area contributed by atoms with Crippen molar-refractivity contribution in [2.45, 2.75) is 25.8 Å². The van der Waals surface area contributed by atoms with E-state index in [1.165, 1.54) is 12.1 Å². The summed E-state index contributed by atoms with van der Waals surface area (Å²) in [7, 11) is 0. The third kappa shape index (κ3) is 3.01. The number of nitrogen functional groups attached to an aromatic ring is 1. The summed E-state index contributed by atoms with van der Waals surface area (Å²) in [6.45, 7) is 1.84. The van der Waals surface area contributed by atoms with Crippen LogP contribution in [0.2, 0.25) is 0 Å². The van der Waals surface area contributed by atoms with Gasteiger partial charge in [0.1, 0.15) is 6.04 Å². The van der Waals surface area contributed by atoms with E-state index in [2.05, 4.69) is 5.32 Å². The fourth-order valence-electron chi connectivity index (χ4n) is 1.25. The van der Waals surface area contributed by atoms with Crippen LogP contribution in [0.15, 0.2) is 16.5 Å². The third-order valence-electron chi connectivity index (χ3n) is 2.03. The summed E-state index contributed by atoms with van der Waals surface area (Å²) in [6, 6.07) is 1.93. The molecule has 6 heteroatoms. The summed E-state index contributed by atoms with van der Waals surface area (Å²) in [5.41, 5.74) is 5.30. The topological polar surface area (TPSA) is 106 Å². The number of carbonyl (C=O) groups is 2. The van der Waals surface area contributed by atoms with Crippen molar-refractivity contribution in [1.82, 2.24) is 5.32 Å². The number of hydrogen-bond donors (Lipinski definition) is 3. The zero-order valence-corrected chi connectivity index (χ0v) is 8.90. The molecule has 4 N–H and O–H groups in total. The standard InChI is InChI=1S/C10H14N2O4/c1-2-3-6(10(14)15)12-9(13)7-4-5-8(11)16-7/h4-6H,2-3,11H2,1H3,(H,12,13)(H,14,15). The maximum Gasteiger partial charge on any atom is 0.326 e. The van der Waals surface area contributed by atoms with E-state index in [1.807, 2.05) is 6.92 Å². The van der Waals surface area contributed by atoms with Crippen molar-refractivity contribution in [3.05, 3.63) is 17.9 Å². The highest BCUT2D eigenvalue weighted by molar-refractivity contribution is 5.94. The first kappa shape index (κ1) is 12.1. The first-order chi connectivity index (χ1) is 7.54. The minimum Gasteiger partial charge on any atom is -0.480 e. The zero-order chi connectivity index (χ0) is 12.1. The van der Waals surface area contributed by atoms with Gasteiger partial charge >= 0.3 is 5.97 Å². The first-order valence-corrected chi connectivity index (χ1v) is 4.93. The molecule has 0 bridgehead atoms. The van der Waals surface area contributed by atoms with Gasteiger partial charge in [-0.15, -0.1) is 0 Å². The predicted molar refractivity (Wildman–Crippen MR) is 56.9 cm³/mol. The average Bonchev–Trinajstić information content (AvgIpc) is 2.64. The Hall–Kier alpha value is -1.98. The van der Waals surface area contributed by atoms with Gasteiger partial charge in [-0.05, 0) is 12.5 Å². The number of amides is 1. The predicted octanol–water partition coefficient (Wildman–Crippen LogP) is 0.845. The molecule has 0 spiro atoms. The smallest absolute Gasteiger partial charge is 0.326 e. The summed E-state index contributed by atoms with van der Waals surface area (Å²) < 4.78 is 4.88. The van der Waals surface area contributed by atoms with Crippen LogP contribution in [0.1, 0.15) is 30.3 Å². The maximum absolute atomic E-state index is 11.5. The Bertz CT molecular complexity index is 386. The Morgan fingerprint density at radius 2 is 2.25 bits per heavy atom. The van der Waals surface area contributed by atoms with Crippen LogP contribution in [-0.2, 0) is 4.79 Å². The van der Waals surface area contributed by atoms with Crippen LogP contribution in [0.25, 0.3) is 0 Å². The second kappa shape index (κ2) is 5.20. The zero-order valence-electron chi connectivity index (χ0n) is 8.90. The van der Waals surface area contributed by atoms with E-state index in [9.17, 15) is 9.59 Å². The van der Waals surface area contributed by atoms with Gasteiger partial charge in [0.15, 0.2) is 11.6 Å². The molecule has 0 aliphatic heterocycles. The molecule has 0 saturated carbocycles. The SMILES string of the molecule is CCCC(NC(=O)c1ccc(N)o1)C(=O)O. The molecule has 0 radical (unpaired) electrons. The largest absolute Gasteiger partial charge is 0.480 e. The number of nitrogens with two attached hydrogens (primary N) is 1. The van der Waals surface area contributed by atoms with Crippen molar-refractivity contribution in [3.8, 4) is 0 Å². The molecule has 0 aliphatic carbocycles. The van der Waals surface area contributed by atoms with Crippen LogP contribution in [0.3, 0.4) is 0 Å². The Labute approximate surface area is 92.4 Å². The molecule has 1 rings (SSSR count). The minimum atomic E-state index is -1.06. The Kier molecular flexibility index (Phi) is 3.93. The van der Waals surface area contributed by atoms with Gasteiger partial charge < -0.3 is 20.6 Å². The van der Waals surface area contributed by atoms with Crippen LogP contribution >= 0.6 is 0 Å². The summed E-state index contributed by atoms with van der Waals surface area (Å²) in [6.07, 6.45) is 1.04. The van der Waals surface area contributed by atoms with Crippen molar-refractivity contribution >= 4 is 17.8 Å². The monoisotopic (exact) mass is 226 g/mol. The molecule has 1 aromatic heterocycles. The van der Waals surface area contributed by atoms with Crippen LogP contribution in [-0.4, -0.2) is 23.0 Å². The van der Waals surface area contributed by atoms with E-state index in [0.717, 1.165) is 0 Å². The average molecular weight is 226 g/mol. The number of carboxylic acid groups (broad SMARTS) is 1. The van der Waals surface area contributed by atoms with Gasteiger partial charge in [0, 0.05) is 6.07 Å². The van der Waals surface area contributed by atoms with Crippen molar-refractivity contribution in [2.75, 3.05) is 5.73 Å². The summed E-state index contributed by atoms with van der Waals surface area (Å²) >= 11 is 0. The highest BCUT2D eigenvalue weighted by Gasteiger charge is 2.21. The molecular weight excluding hydrogens is 212 g/mol. The number of carboxylic acids is 1. The van der Waals surface area contributed by atoms with Crippen LogP contribution in [0.5, 0.6) is 0 Å². The quantitative estimate of drug-likeness (QED) is 0.690. The summed E-state index contributed by atoms with van der Waals surface area (Å²) in [4.78, 5) is 22.3. The third-order valence-corrected chi connectivity index (χ3v) is 2.03. The number of nitrogens with one attached hydrogen (secondary N) is 1. The number of furan rings is 1. The van der Waals surface area contributed by atoms with Gasteiger partial charge in [-0.25, -0.2) is 4.79 Å². The van der Waals surface area contributed by atoms with Gasteiger partial charge in [-0.2, -0.15) is 0 Å². The van der Waals surface area contributed by atoms with Gasteiger partial charge in [0.05, 0.1) is 0 Å². The van der Waals surface area contributed by atoms with E-state index in [-0.39, 0.29) is 11.6 Å². The number of carbonyl (C=O) groups excluding carboxylic acids is 1. The van der Waals surface area contributed by atoms with Crippen molar-refractivity contribution in [2.24, 2.45) is 0 Å². The molecule has 1 atom stereocenters. The maximum atomic E-state index is 11.5. The fraction of sp³-hybridized carbons (Fsp3) is 0.400. The molecule has 1 amide bonds. The molecule has 6 nitrogen and oxygen atoms in total. The lowest BCUT2D eigenvalue weighted by Gasteiger charge is -2.11. The van der Waals surface area contributed by atoms with E-state index >= 15 is 0 Å². The molecule has 1 aromatic rings. The molecule has 0 aliphatic rings. The van der Waals surface area contributed by atoms with Gasteiger partial charge in [-0.1, -0.05) is 13.3 Å². The number of rotatable bonds is 5. The fourth-order valence-corrected chi connectivity index (χ4v) is 1.25. The van der Waals surface area contributed by atoms with Crippen molar-refractivity contribution < 1.29 is 19.1 Å². The summed E-state index contributed by atoms with van der Waals surface area (Å²) in [5, 5.41) is 11.2. The molecule has 1 heterocycles. The van der Waals surface area contributed by atoms with E-state index in [1.54, 1.807) is 0 Å². The van der Waals surface area contributed by atoms with Crippen molar-refractivity contribution in [1.29, 1.82) is 0 Å². The van der Waals surface area contributed by atoms with Gasteiger partial charge in [0.25, 0.3) is 5.91 Å². The molecular formula is C10H14N2O4. The Balaban J connectivity index is 2.65. The first-order valence-electron chi connectivity index (χ1n) is 4.93. The van der Waals surface area contributed by atoms with Crippen LogP contribution in [0.4, 0.5) is 5.88 Å². The van der Waals surface area contributed by atoms with Crippen LogP contribution < -0.4 is 11.1 Å². The second-order valence-electron chi connectivity index (χ2n) is 3.35. The number of anilines is 1. The summed E-state index contributed by atoms with van der Waals surface area (Å²) in [5.74, 6) is -1.50. The number of hydrogen-bond acceptors (Lipinski definition) is 4. The van der Waals surface area contributed by atoms with Crippen LogP contribution in [0, 0.1) is 0 Å². The van der Waals surface area contributed by atoms with E-state index < -0.39 is 17.9 Å². The lowest BCUT2D eigenvalue weighted by molar-refractivity contribution is -0.139. The van der Waals surface area contributed by atoms with Gasteiger partial charge in [0.2, 0.25) is 0 Å². The van der Waals surface area contributed by atoms with Crippen molar-refractivity contribution in [3.63, 3.8) is 0 Å². The lowest BCUT2D eigenvalue weighted by atomic mass is 10.1. The lowest BCUT2D eigenvalue weighted by Crippen LogP contribution is -2.40. The molecule has 88 valence electrons. The Morgan fingerprint density at radius 3 is 2.69 bits per heavy atom. The minimum absolute atomic E-state index is 0.0138. The highest BCUT2D eigenvalue weighted by atomic mass is 16.4. The van der Waals surface area contributed by atoms with Gasteiger partial charge in [-0.3, -0.25) is 4.79 Å². The molecule has 16 heavy (non-hydrogen) atoms. The molecule has 0 saturated heterocycles. The second-order valence-corrected chi connectivity index (χ2v) is 3.35. The molecule has 1 unspecified atom stereocenters. The molecule has 0 aromatic carbocycles.